The van der Waals surface area contributed by atoms with Crippen LogP contribution < -0.4 is 5.32 Å². The number of nitrogens with one attached hydrogen (secondary N) is 1. The van der Waals surface area contributed by atoms with Crippen molar-refractivity contribution in [3.63, 3.8) is 0 Å². The third-order valence-electron chi connectivity index (χ3n) is 2.93. The van der Waals surface area contributed by atoms with Gasteiger partial charge in [0.1, 0.15) is 13.2 Å². The van der Waals surface area contributed by atoms with E-state index in [0.29, 0.717) is 0 Å². The molecule has 0 fully saturated rings. The van der Waals surface area contributed by atoms with Crippen LogP contribution in [-0.4, -0.2) is 18.4 Å². The SMILES string of the molecule is O=C(/C=C/c1cccc(Br)c1)NCC(=O)OCc1ccccc1. The van der Waals surface area contributed by atoms with E-state index < -0.39 is 5.97 Å². The van der Waals surface area contributed by atoms with Gasteiger partial charge in [0.25, 0.3) is 0 Å². The fourth-order valence-corrected chi connectivity index (χ4v) is 2.21. The van der Waals surface area contributed by atoms with Gasteiger partial charge in [-0.1, -0.05) is 58.4 Å². The van der Waals surface area contributed by atoms with E-state index in [1.165, 1.54) is 6.08 Å². The fourth-order valence-electron chi connectivity index (χ4n) is 1.79. The second kappa shape index (κ2) is 8.90. The standard InChI is InChI=1S/C18H16BrNO3/c19-16-8-4-7-14(11-16)9-10-17(21)20-12-18(22)23-13-15-5-2-1-3-6-15/h1-11H,12-13H2,(H,20,21)/b10-9+. The first-order valence-corrected chi connectivity index (χ1v) is 7.84. The summed E-state index contributed by atoms with van der Waals surface area (Å²) >= 11 is 3.36. The summed E-state index contributed by atoms with van der Waals surface area (Å²) in [6.07, 6.45) is 3.06. The van der Waals surface area contributed by atoms with Crippen LogP contribution >= 0.6 is 15.9 Å². The number of benzene rings is 2. The van der Waals surface area contributed by atoms with Crippen LogP contribution in [0.1, 0.15) is 11.1 Å². The quantitative estimate of drug-likeness (QED) is 0.624. The van der Waals surface area contributed by atoms with E-state index in [-0.39, 0.29) is 19.1 Å². The molecule has 1 N–H and O–H groups in total. The molecule has 2 rings (SSSR count). The molecule has 0 aliphatic heterocycles. The number of esters is 1. The average molecular weight is 374 g/mol. The molecular weight excluding hydrogens is 358 g/mol. The first-order chi connectivity index (χ1) is 11.1. The summed E-state index contributed by atoms with van der Waals surface area (Å²) < 4.78 is 6.01. The third-order valence-corrected chi connectivity index (χ3v) is 3.42. The molecule has 0 heterocycles. The van der Waals surface area contributed by atoms with Gasteiger partial charge >= 0.3 is 5.97 Å². The van der Waals surface area contributed by atoms with Crippen molar-refractivity contribution in [1.29, 1.82) is 0 Å². The van der Waals surface area contributed by atoms with Crippen LogP contribution in [0.4, 0.5) is 0 Å². The Morgan fingerprint density at radius 3 is 2.61 bits per heavy atom. The maximum absolute atomic E-state index is 11.7. The molecule has 0 radical (unpaired) electrons. The second-order valence-corrected chi connectivity index (χ2v) is 5.67. The third kappa shape index (κ3) is 6.48. The van der Waals surface area contributed by atoms with E-state index in [9.17, 15) is 9.59 Å². The molecule has 0 bridgehead atoms. The molecule has 0 aliphatic carbocycles. The lowest BCUT2D eigenvalue weighted by molar-refractivity contribution is -0.144. The number of rotatable bonds is 6. The van der Waals surface area contributed by atoms with Gasteiger partial charge in [-0.25, -0.2) is 0 Å². The topological polar surface area (TPSA) is 55.4 Å². The van der Waals surface area contributed by atoms with Crippen molar-refractivity contribution in [2.24, 2.45) is 0 Å². The van der Waals surface area contributed by atoms with Gasteiger partial charge in [0, 0.05) is 10.5 Å². The number of carbonyl (C=O) groups excluding carboxylic acids is 2. The number of ether oxygens (including phenoxy) is 1. The lowest BCUT2D eigenvalue weighted by Gasteiger charge is -2.05. The Kier molecular flexibility index (Phi) is 6.56. The molecule has 2 aromatic rings. The van der Waals surface area contributed by atoms with Gasteiger partial charge in [-0.2, -0.15) is 0 Å². The molecule has 0 aliphatic rings. The molecule has 4 nitrogen and oxygen atoms in total. The molecule has 1 amide bonds. The summed E-state index contributed by atoms with van der Waals surface area (Å²) in [5.41, 5.74) is 1.79. The van der Waals surface area contributed by atoms with Crippen LogP contribution in [-0.2, 0) is 20.9 Å². The Hall–Kier alpha value is -2.40. The van der Waals surface area contributed by atoms with E-state index in [4.69, 9.17) is 4.74 Å². The predicted molar refractivity (Wildman–Crippen MR) is 92.4 cm³/mol. The number of hydrogen-bond acceptors (Lipinski definition) is 3. The van der Waals surface area contributed by atoms with Gasteiger partial charge in [-0.3, -0.25) is 9.59 Å². The Bertz CT molecular complexity index is 698. The smallest absolute Gasteiger partial charge is 0.325 e. The van der Waals surface area contributed by atoms with Crippen molar-refractivity contribution in [2.45, 2.75) is 6.61 Å². The number of halogens is 1. The van der Waals surface area contributed by atoms with Crippen LogP contribution in [0.15, 0.2) is 65.1 Å². The average Bonchev–Trinajstić information content (AvgIpc) is 2.57. The van der Waals surface area contributed by atoms with Gasteiger partial charge in [0.15, 0.2) is 0 Å². The van der Waals surface area contributed by atoms with Crippen LogP contribution in [0.2, 0.25) is 0 Å². The number of hydrogen-bond donors (Lipinski definition) is 1. The monoisotopic (exact) mass is 373 g/mol. The van der Waals surface area contributed by atoms with Crippen molar-refractivity contribution in [2.75, 3.05) is 6.54 Å². The minimum atomic E-state index is -0.474. The maximum atomic E-state index is 11.7. The van der Waals surface area contributed by atoms with Gasteiger partial charge in [0.05, 0.1) is 0 Å². The highest BCUT2D eigenvalue weighted by molar-refractivity contribution is 9.10. The van der Waals surface area contributed by atoms with Gasteiger partial charge < -0.3 is 10.1 Å². The zero-order valence-electron chi connectivity index (χ0n) is 12.4. The largest absolute Gasteiger partial charge is 0.460 e. The molecule has 0 atom stereocenters. The Morgan fingerprint density at radius 2 is 1.87 bits per heavy atom. The molecule has 5 heteroatoms. The minimum Gasteiger partial charge on any atom is -0.460 e. The lowest BCUT2D eigenvalue weighted by atomic mass is 10.2. The van der Waals surface area contributed by atoms with Crippen LogP contribution in [0.5, 0.6) is 0 Å². The highest BCUT2D eigenvalue weighted by atomic mass is 79.9. The molecule has 2 aromatic carbocycles. The van der Waals surface area contributed by atoms with Crippen LogP contribution in [0.3, 0.4) is 0 Å². The predicted octanol–water partition coefficient (Wildman–Crippen LogP) is 3.32. The van der Waals surface area contributed by atoms with Crippen LogP contribution in [0.25, 0.3) is 6.08 Å². The maximum Gasteiger partial charge on any atom is 0.325 e. The normalized spacial score (nSPS) is 10.5. The summed E-state index contributed by atoms with van der Waals surface area (Å²) in [6.45, 7) is 0.0396. The zero-order valence-corrected chi connectivity index (χ0v) is 14.0. The van der Waals surface area contributed by atoms with E-state index >= 15 is 0 Å². The zero-order chi connectivity index (χ0) is 16.5. The molecule has 23 heavy (non-hydrogen) atoms. The van der Waals surface area contributed by atoms with Crippen molar-refractivity contribution in [3.8, 4) is 0 Å². The molecule has 0 unspecified atom stereocenters. The molecule has 0 saturated heterocycles. The number of carbonyl (C=O) groups is 2. The van der Waals surface area contributed by atoms with Gasteiger partial charge in [0.2, 0.25) is 5.91 Å². The van der Waals surface area contributed by atoms with Gasteiger partial charge in [-0.15, -0.1) is 0 Å². The molecule has 118 valence electrons. The first kappa shape index (κ1) is 17.0. The first-order valence-electron chi connectivity index (χ1n) is 7.04. The Morgan fingerprint density at radius 1 is 1.09 bits per heavy atom. The summed E-state index contributed by atoms with van der Waals surface area (Å²) in [6, 6.07) is 16.9. The molecule has 0 spiro atoms. The van der Waals surface area contributed by atoms with E-state index in [1.807, 2.05) is 54.6 Å². The lowest BCUT2D eigenvalue weighted by Crippen LogP contribution is -2.29. The Labute approximate surface area is 143 Å². The van der Waals surface area contributed by atoms with Crippen molar-refractivity contribution in [1.82, 2.24) is 5.32 Å². The Balaban J connectivity index is 1.72. The summed E-state index contributed by atoms with van der Waals surface area (Å²) in [7, 11) is 0. The van der Waals surface area contributed by atoms with Crippen LogP contribution in [0, 0.1) is 0 Å². The highest BCUT2D eigenvalue weighted by Crippen LogP contribution is 2.12. The summed E-state index contributed by atoms with van der Waals surface area (Å²) in [4.78, 5) is 23.2. The minimum absolute atomic E-state index is 0.158. The van der Waals surface area contributed by atoms with Crippen molar-refractivity contribution < 1.29 is 14.3 Å². The second-order valence-electron chi connectivity index (χ2n) is 4.75. The molecular formula is C18H16BrNO3. The van der Waals surface area contributed by atoms with E-state index in [2.05, 4.69) is 21.2 Å². The van der Waals surface area contributed by atoms with Crippen molar-refractivity contribution >= 4 is 33.9 Å². The fraction of sp³-hybridized carbons (Fsp3) is 0.111. The number of amides is 1. The van der Waals surface area contributed by atoms with E-state index in [0.717, 1.165) is 15.6 Å². The highest BCUT2D eigenvalue weighted by Gasteiger charge is 2.04. The van der Waals surface area contributed by atoms with Gasteiger partial charge in [-0.05, 0) is 29.3 Å². The summed E-state index contributed by atoms with van der Waals surface area (Å²) in [5, 5.41) is 2.49. The molecule has 0 saturated carbocycles. The summed E-state index contributed by atoms with van der Waals surface area (Å²) in [5.74, 6) is -0.820. The van der Waals surface area contributed by atoms with Crippen molar-refractivity contribution in [3.05, 3.63) is 76.3 Å². The molecule has 0 aromatic heterocycles. The van der Waals surface area contributed by atoms with E-state index in [1.54, 1.807) is 6.08 Å².